The maximum atomic E-state index is 12.4. The molecule has 1 N–H and O–H groups in total. The van der Waals surface area contributed by atoms with Gasteiger partial charge in [0.15, 0.2) is 5.76 Å². The van der Waals surface area contributed by atoms with E-state index in [1.807, 2.05) is 60.7 Å². The fraction of sp³-hybridized carbons (Fsp3) is 0.174. The van der Waals surface area contributed by atoms with Crippen molar-refractivity contribution in [2.24, 2.45) is 0 Å². The highest BCUT2D eigenvalue weighted by Crippen LogP contribution is 2.28. The van der Waals surface area contributed by atoms with Crippen LogP contribution in [-0.2, 0) is 6.42 Å². The van der Waals surface area contributed by atoms with E-state index in [9.17, 15) is 4.79 Å². The molecule has 0 saturated heterocycles. The summed E-state index contributed by atoms with van der Waals surface area (Å²) in [5, 5.41) is 6.14. The van der Waals surface area contributed by atoms with Crippen LogP contribution in [0.1, 0.15) is 22.5 Å². The zero-order valence-corrected chi connectivity index (χ0v) is 15.2. The van der Waals surface area contributed by atoms with Gasteiger partial charge in [-0.1, -0.05) is 42.5 Å². The van der Waals surface area contributed by atoms with Gasteiger partial charge in [0.25, 0.3) is 5.91 Å². The van der Waals surface area contributed by atoms with E-state index in [1.165, 1.54) is 5.56 Å². The highest BCUT2D eigenvalue weighted by Gasteiger charge is 2.13. The third-order valence-electron chi connectivity index (χ3n) is 4.74. The zero-order valence-electron chi connectivity index (χ0n) is 15.2. The third kappa shape index (κ3) is 3.65. The van der Waals surface area contributed by atoms with E-state index in [2.05, 4.69) is 11.4 Å². The van der Waals surface area contributed by atoms with E-state index in [0.29, 0.717) is 12.3 Å². The molecule has 4 heteroatoms. The van der Waals surface area contributed by atoms with Crippen LogP contribution >= 0.6 is 0 Å². The number of furan rings is 1. The van der Waals surface area contributed by atoms with Gasteiger partial charge in [-0.15, -0.1) is 0 Å². The van der Waals surface area contributed by atoms with Crippen molar-refractivity contribution in [3.8, 4) is 5.75 Å². The topological polar surface area (TPSA) is 51.5 Å². The molecule has 0 fully saturated rings. The molecule has 0 atom stereocenters. The summed E-state index contributed by atoms with van der Waals surface area (Å²) in [6.45, 7) is 0.600. The van der Waals surface area contributed by atoms with Crippen LogP contribution in [0.2, 0.25) is 0 Å². The number of hydrogen-bond acceptors (Lipinski definition) is 3. The highest BCUT2D eigenvalue weighted by atomic mass is 16.5. The number of aryl methyl sites for hydroxylation is 1. The van der Waals surface area contributed by atoms with Gasteiger partial charge in [-0.25, -0.2) is 0 Å². The van der Waals surface area contributed by atoms with Gasteiger partial charge < -0.3 is 14.5 Å². The Bertz CT molecular complexity index is 1080. The van der Waals surface area contributed by atoms with Gasteiger partial charge in [-0.2, -0.15) is 0 Å². The normalized spacial score (nSPS) is 11.0. The molecule has 0 aliphatic heterocycles. The number of carbonyl (C=O) groups is 1. The largest absolute Gasteiger partial charge is 0.497 e. The van der Waals surface area contributed by atoms with Crippen molar-refractivity contribution in [1.82, 2.24) is 5.32 Å². The number of ether oxygens (including phenoxy) is 1. The Morgan fingerprint density at radius 1 is 1.00 bits per heavy atom. The Kier molecular flexibility index (Phi) is 4.79. The Morgan fingerprint density at radius 3 is 2.63 bits per heavy atom. The second-order valence-corrected chi connectivity index (χ2v) is 6.52. The Morgan fingerprint density at radius 2 is 1.81 bits per heavy atom. The lowest BCUT2D eigenvalue weighted by molar-refractivity contribution is 0.0927. The van der Waals surface area contributed by atoms with Gasteiger partial charge in [-0.3, -0.25) is 4.79 Å². The number of rotatable bonds is 6. The summed E-state index contributed by atoms with van der Waals surface area (Å²) < 4.78 is 10.9. The molecular formula is C23H21NO3. The van der Waals surface area contributed by atoms with Crippen LogP contribution in [0.4, 0.5) is 0 Å². The molecule has 0 bridgehead atoms. The maximum absolute atomic E-state index is 12.4. The number of fused-ring (bicyclic) bond motifs is 3. The summed E-state index contributed by atoms with van der Waals surface area (Å²) in [6.07, 6.45) is 1.76. The number of hydrogen-bond donors (Lipinski definition) is 1. The van der Waals surface area contributed by atoms with Gasteiger partial charge in [0.1, 0.15) is 11.3 Å². The lowest BCUT2D eigenvalue weighted by atomic mass is 10.1. The van der Waals surface area contributed by atoms with Crippen molar-refractivity contribution < 1.29 is 13.9 Å². The Hall–Kier alpha value is -3.27. The maximum Gasteiger partial charge on any atom is 0.287 e. The van der Waals surface area contributed by atoms with E-state index in [4.69, 9.17) is 9.15 Å². The average molecular weight is 359 g/mol. The second kappa shape index (κ2) is 7.54. The number of methoxy groups -OCH3 is 1. The SMILES string of the molecule is COc1ccc(CCCNC(=O)c2cc3c(ccc4ccccc43)o2)cc1. The summed E-state index contributed by atoms with van der Waals surface area (Å²) >= 11 is 0. The molecule has 1 aromatic heterocycles. The van der Waals surface area contributed by atoms with Crippen LogP contribution in [0.25, 0.3) is 21.7 Å². The first-order valence-corrected chi connectivity index (χ1v) is 9.07. The molecule has 0 radical (unpaired) electrons. The molecule has 1 heterocycles. The summed E-state index contributed by atoms with van der Waals surface area (Å²) in [4.78, 5) is 12.4. The van der Waals surface area contributed by atoms with Crippen LogP contribution in [0, 0.1) is 0 Å². The first kappa shape index (κ1) is 17.2. The average Bonchev–Trinajstić information content (AvgIpc) is 3.16. The van der Waals surface area contributed by atoms with Gasteiger partial charge in [0.05, 0.1) is 7.11 Å². The van der Waals surface area contributed by atoms with Crippen molar-refractivity contribution >= 4 is 27.6 Å². The molecule has 0 aliphatic carbocycles. The minimum atomic E-state index is -0.176. The number of amides is 1. The Labute approximate surface area is 157 Å². The minimum Gasteiger partial charge on any atom is -0.497 e. The van der Waals surface area contributed by atoms with E-state index < -0.39 is 0 Å². The highest BCUT2D eigenvalue weighted by molar-refractivity contribution is 6.08. The van der Waals surface area contributed by atoms with Crippen molar-refractivity contribution in [2.45, 2.75) is 12.8 Å². The first-order chi connectivity index (χ1) is 13.2. The molecule has 0 spiro atoms. The molecule has 0 saturated carbocycles. The Balaban J connectivity index is 1.38. The molecule has 4 nitrogen and oxygen atoms in total. The fourth-order valence-corrected chi connectivity index (χ4v) is 3.28. The summed E-state index contributed by atoms with van der Waals surface area (Å²) in [5.74, 6) is 1.03. The number of nitrogens with one attached hydrogen (secondary N) is 1. The van der Waals surface area contributed by atoms with Crippen LogP contribution in [0.15, 0.2) is 71.1 Å². The van der Waals surface area contributed by atoms with Gasteiger partial charge >= 0.3 is 0 Å². The molecule has 1 amide bonds. The van der Waals surface area contributed by atoms with Crippen molar-refractivity contribution in [3.63, 3.8) is 0 Å². The second-order valence-electron chi connectivity index (χ2n) is 6.52. The summed E-state index contributed by atoms with van der Waals surface area (Å²) in [7, 11) is 1.66. The van der Waals surface area contributed by atoms with Gasteiger partial charge in [0, 0.05) is 11.9 Å². The molecule has 4 rings (SSSR count). The van der Waals surface area contributed by atoms with Crippen LogP contribution < -0.4 is 10.1 Å². The van der Waals surface area contributed by atoms with E-state index in [1.54, 1.807) is 7.11 Å². The first-order valence-electron chi connectivity index (χ1n) is 9.07. The predicted molar refractivity (Wildman–Crippen MR) is 107 cm³/mol. The zero-order chi connectivity index (χ0) is 18.6. The lowest BCUT2D eigenvalue weighted by Crippen LogP contribution is -2.24. The number of benzene rings is 3. The van der Waals surface area contributed by atoms with Crippen LogP contribution in [0.5, 0.6) is 5.75 Å². The van der Waals surface area contributed by atoms with Crippen molar-refractivity contribution in [3.05, 3.63) is 78.1 Å². The molecular weight excluding hydrogens is 338 g/mol. The smallest absolute Gasteiger partial charge is 0.287 e. The van der Waals surface area contributed by atoms with Crippen molar-refractivity contribution in [2.75, 3.05) is 13.7 Å². The molecule has 3 aromatic carbocycles. The predicted octanol–water partition coefficient (Wildman–Crippen LogP) is 4.96. The fourth-order valence-electron chi connectivity index (χ4n) is 3.28. The minimum absolute atomic E-state index is 0.176. The van der Waals surface area contributed by atoms with Crippen molar-refractivity contribution in [1.29, 1.82) is 0 Å². The van der Waals surface area contributed by atoms with E-state index in [0.717, 1.165) is 40.3 Å². The summed E-state index contributed by atoms with van der Waals surface area (Å²) in [5.41, 5.74) is 1.96. The third-order valence-corrected chi connectivity index (χ3v) is 4.74. The molecule has 4 aromatic rings. The standard InChI is InChI=1S/C23H21NO3/c1-26-18-11-8-16(9-12-18)5-4-14-24-23(25)22-15-20-19-7-3-2-6-17(19)10-13-21(20)27-22/h2-3,6-13,15H,4-5,14H2,1H3,(H,24,25). The lowest BCUT2D eigenvalue weighted by Gasteiger charge is -2.05. The molecule has 0 aliphatic rings. The monoisotopic (exact) mass is 359 g/mol. The van der Waals surface area contributed by atoms with Gasteiger partial charge in [0.2, 0.25) is 0 Å². The molecule has 136 valence electrons. The quantitative estimate of drug-likeness (QED) is 0.495. The summed E-state index contributed by atoms with van der Waals surface area (Å²) in [6, 6.07) is 21.9. The van der Waals surface area contributed by atoms with Crippen LogP contribution in [0.3, 0.4) is 0 Å². The van der Waals surface area contributed by atoms with Gasteiger partial charge in [-0.05, 0) is 53.4 Å². The van der Waals surface area contributed by atoms with E-state index in [-0.39, 0.29) is 5.91 Å². The van der Waals surface area contributed by atoms with E-state index >= 15 is 0 Å². The van der Waals surface area contributed by atoms with Crippen LogP contribution in [-0.4, -0.2) is 19.6 Å². The molecule has 27 heavy (non-hydrogen) atoms. The molecule has 0 unspecified atom stereocenters. The number of carbonyl (C=O) groups excluding carboxylic acids is 1.